The van der Waals surface area contributed by atoms with E-state index in [1.165, 1.54) is 12.1 Å². The maximum atomic E-state index is 13.3. The SMILES string of the molecule is Cc1cccc(Cn2c(C(=O)NCc3ccccc3)cc3cc(NC(=O)Cc4ccc(F)cc4)ccc32)c1. The molecule has 0 fully saturated rings. The third kappa shape index (κ3) is 5.98. The topological polar surface area (TPSA) is 63.1 Å². The second-order valence-corrected chi connectivity index (χ2v) is 9.40. The molecule has 5 rings (SSSR count). The molecular weight excluding hydrogens is 477 g/mol. The van der Waals surface area contributed by atoms with Gasteiger partial charge in [0.25, 0.3) is 5.91 Å². The summed E-state index contributed by atoms with van der Waals surface area (Å²) in [4.78, 5) is 25.9. The number of carbonyl (C=O) groups is 2. The normalized spacial score (nSPS) is 10.9. The van der Waals surface area contributed by atoms with Gasteiger partial charge in [0.2, 0.25) is 5.91 Å². The Balaban J connectivity index is 1.41. The van der Waals surface area contributed by atoms with E-state index in [2.05, 4.69) is 22.8 Å². The van der Waals surface area contributed by atoms with Gasteiger partial charge < -0.3 is 15.2 Å². The minimum atomic E-state index is -0.335. The Morgan fingerprint density at radius 3 is 2.32 bits per heavy atom. The molecule has 0 aliphatic rings. The maximum absolute atomic E-state index is 13.3. The summed E-state index contributed by atoms with van der Waals surface area (Å²) >= 11 is 0. The predicted molar refractivity (Wildman–Crippen MR) is 149 cm³/mol. The number of nitrogens with one attached hydrogen (secondary N) is 2. The third-order valence-electron chi connectivity index (χ3n) is 6.41. The van der Waals surface area contributed by atoms with E-state index >= 15 is 0 Å². The molecule has 6 heteroatoms. The lowest BCUT2D eigenvalue weighted by Crippen LogP contribution is -2.25. The number of halogens is 1. The predicted octanol–water partition coefficient (Wildman–Crippen LogP) is 6.25. The van der Waals surface area contributed by atoms with E-state index in [1.807, 2.05) is 78.2 Å². The first-order valence-corrected chi connectivity index (χ1v) is 12.5. The molecule has 0 bridgehead atoms. The summed E-state index contributed by atoms with van der Waals surface area (Å²) in [7, 11) is 0. The van der Waals surface area contributed by atoms with Crippen molar-refractivity contribution in [3.63, 3.8) is 0 Å². The van der Waals surface area contributed by atoms with E-state index in [-0.39, 0.29) is 24.1 Å². The molecule has 2 N–H and O–H groups in total. The highest BCUT2D eigenvalue weighted by molar-refractivity contribution is 6.01. The van der Waals surface area contributed by atoms with Crippen molar-refractivity contribution in [2.75, 3.05) is 5.32 Å². The zero-order valence-electron chi connectivity index (χ0n) is 21.1. The number of rotatable bonds is 8. The lowest BCUT2D eigenvalue weighted by molar-refractivity contribution is -0.115. The van der Waals surface area contributed by atoms with Crippen LogP contribution in [0.5, 0.6) is 0 Å². The molecule has 0 saturated carbocycles. The van der Waals surface area contributed by atoms with Crippen molar-refractivity contribution in [2.45, 2.75) is 26.4 Å². The van der Waals surface area contributed by atoms with Crippen LogP contribution in [-0.2, 0) is 24.3 Å². The zero-order chi connectivity index (χ0) is 26.5. The van der Waals surface area contributed by atoms with Crippen molar-refractivity contribution in [1.29, 1.82) is 0 Å². The van der Waals surface area contributed by atoms with Crippen LogP contribution in [-0.4, -0.2) is 16.4 Å². The molecule has 1 aromatic heterocycles. The van der Waals surface area contributed by atoms with Crippen molar-refractivity contribution in [3.05, 3.63) is 137 Å². The van der Waals surface area contributed by atoms with Gasteiger partial charge in [-0.15, -0.1) is 0 Å². The number of aryl methyl sites for hydroxylation is 1. The van der Waals surface area contributed by atoms with E-state index < -0.39 is 0 Å². The third-order valence-corrected chi connectivity index (χ3v) is 6.41. The average molecular weight is 506 g/mol. The average Bonchev–Trinajstić information content (AvgIpc) is 3.26. The minimum absolute atomic E-state index is 0.139. The van der Waals surface area contributed by atoms with Crippen LogP contribution < -0.4 is 10.6 Å². The summed E-state index contributed by atoms with van der Waals surface area (Å²) in [5.41, 5.74) is 6.07. The molecule has 0 saturated heterocycles. The standard InChI is InChI=1S/C32H28FN3O2/c1-22-6-5-9-25(16-22)21-36-29-15-14-28(35-31(37)17-23-10-12-27(33)13-11-23)18-26(29)19-30(36)32(38)34-20-24-7-3-2-4-8-24/h2-16,18-19H,17,20-21H2,1H3,(H,34,38)(H,35,37). The molecule has 4 aromatic carbocycles. The summed E-state index contributed by atoms with van der Waals surface area (Å²) in [5.74, 6) is -0.700. The van der Waals surface area contributed by atoms with Crippen LogP contribution in [0.15, 0.2) is 103 Å². The number of benzene rings is 4. The van der Waals surface area contributed by atoms with Gasteiger partial charge in [-0.3, -0.25) is 9.59 Å². The molecule has 2 amide bonds. The van der Waals surface area contributed by atoms with Crippen molar-refractivity contribution in [3.8, 4) is 0 Å². The van der Waals surface area contributed by atoms with Crippen LogP contribution in [0.1, 0.15) is 32.7 Å². The molecule has 1 heterocycles. The lowest BCUT2D eigenvalue weighted by Gasteiger charge is -2.12. The van der Waals surface area contributed by atoms with E-state index in [9.17, 15) is 14.0 Å². The molecule has 190 valence electrons. The molecule has 0 spiro atoms. The number of amides is 2. The highest BCUT2D eigenvalue weighted by atomic mass is 19.1. The van der Waals surface area contributed by atoms with Gasteiger partial charge in [0, 0.05) is 29.7 Å². The van der Waals surface area contributed by atoms with E-state index in [0.717, 1.165) is 33.2 Å². The van der Waals surface area contributed by atoms with Gasteiger partial charge in [-0.1, -0.05) is 72.3 Å². The van der Waals surface area contributed by atoms with Crippen molar-refractivity contribution in [1.82, 2.24) is 9.88 Å². The Kier molecular flexibility index (Phi) is 7.31. The summed E-state index contributed by atoms with van der Waals surface area (Å²) in [6.45, 7) is 3.01. The Bertz CT molecular complexity index is 1590. The fourth-order valence-electron chi connectivity index (χ4n) is 4.56. The lowest BCUT2D eigenvalue weighted by atomic mass is 10.1. The molecule has 0 atom stereocenters. The number of fused-ring (bicyclic) bond motifs is 1. The number of anilines is 1. The first-order valence-electron chi connectivity index (χ1n) is 12.5. The van der Waals surface area contributed by atoms with Crippen molar-refractivity contribution in [2.24, 2.45) is 0 Å². The Morgan fingerprint density at radius 1 is 0.789 bits per heavy atom. The number of hydrogen-bond donors (Lipinski definition) is 2. The second-order valence-electron chi connectivity index (χ2n) is 9.40. The van der Waals surface area contributed by atoms with Gasteiger partial charge in [-0.2, -0.15) is 0 Å². The first-order chi connectivity index (χ1) is 18.4. The fourth-order valence-corrected chi connectivity index (χ4v) is 4.56. The molecular formula is C32H28FN3O2. The minimum Gasteiger partial charge on any atom is -0.347 e. The highest BCUT2D eigenvalue weighted by Gasteiger charge is 2.17. The van der Waals surface area contributed by atoms with Crippen LogP contribution in [0, 0.1) is 12.7 Å². The molecule has 38 heavy (non-hydrogen) atoms. The monoisotopic (exact) mass is 505 g/mol. The van der Waals surface area contributed by atoms with E-state index in [4.69, 9.17) is 0 Å². The van der Waals surface area contributed by atoms with Gasteiger partial charge in [-0.05, 0) is 60.0 Å². The summed E-state index contributed by atoms with van der Waals surface area (Å²) in [6.07, 6.45) is 0.139. The van der Waals surface area contributed by atoms with Crippen molar-refractivity contribution < 1.29 is 14.0 Å². The van der Waals surface area contributed by atoms with Gasteiger partial charge in [0.1, 0.15) is 11.5 Å². The molecule has 5 nitrogen and oxygen atoms in total. The number of nitrogens with zero attached hydrogens (tertiary/aromatic N) is 1. The van der Waals surface area contributed by atoms with Crippen molar-refractivity contribution >= 4 is 28.4 Å². The van der Waals surface area contributed by atoms with Gasteiger partial charge in [0.15, 0.2) is 0 Å². The zero-order valence-corrected chi connectivity index (χ0v) is 21.1. The quantitative estimate of drug-likeness (QED) is 0.262. The smallest absolute Gasteiger partial charge is 0.268 e. The van der Waals surface area contributed by atoms with E-state index in [1.54, 1.807) is 12.1 Å². The van der Waals surface area contributed by atoms with E-state index in [0.29, 0.717) is 24.5 Å². The number of aromatic nitrogens is 1. The fraction of sp³-hybridized carbons (Fsp3) is 0.125. The number of hydrogen-bond acceptors (Lipinski definition) is 2. The van der Waals surface area contributed by atoms with Crippen LogP contribution >= 0.6 is 0 Å². The molecule has 0 aliphatic heterocycles. The Hall–Kier alpha value is -4.71. The Morgan fingerprint density at radius 2 is 1.55 bits per heavy atom. The van der Waals surface area contributed by atoms with Gasteiger partial charge in [-0.25, -0.2) is 4.39 Å². The molecule has 5 aromatic rings. The Labute approximate surface area is 220 Å². The van der Waals surface area contributed by atoms with Crippen LogP contribution in [0.25, 0.3) is 10.9 Å². The summed E-state index contributed by atoms with van der Waals surface area (Å²) in [5, 5.41) is 6.80. The number of carbonyl (C=O) groups excluding carboxylic acids is 2. The molecule has 0 unspecified atom stereocenters. The summed E-state index contributed by atoms with van der Waals surface area (Å²) < 4.78 is 15.2. The first kappa shape index (κ1) is 25.0. The van der Waals surface area contributed by atoms with Gasteiger partial charge in [0.05, 0.1) is 6.42 Å². The second kappa shape index (κ2) is 11.1. The molecule has 0 aliphatic carbocycles. The van der Waals surface area contributed by atoms with Crippen LogP contribution in [0.3, 0.4) is 0 Å². The maximum Gasteiger partial charge on any atom is 0.268 e. The summed E-state index contributed by atoms with van der Waals surface area (Å²) in [6, 6.07) is 31.4. The van der Waals surface area contributed by atoms with Crippen LogP contribution in [0.4, 0.5) is 10.1 Å². The largest absolute Gasteiger partial charge is 0.347 e. The highest BCUT2D eigenvalue weighted by Crippen LogP contribution is 2.25. The van der Waals surface area contributed by atoms with Gasteiger partial charge >= 0.3 is 0 Å². The van der Waals surface area contributed by atoms with Crippen LogP contribution in [0.2, 0.25) is 0 Å². The molecule has 0 radical (unpaired) electrons.